The highest BCUT2D eigenvalue weighted by Crippen LogP contribution is 2.25. The Morgan fingerprint density at radius 3 is 2.78 bits per heavy atom. The highest BCUT2D eigenvalue weighted by Gasteiger charge is 2.12. The highest BCUT2D eigenvalue weighted by atomic mass is 35.5. The summed E-state index contributed by atoms with van der Waals surface area (Å²) in [7, 11) is 0. The van der Waals surface area contributed by atoms with Gasteiger partial charge in [0.2, 0.25) is 4.77 Å². The van der Waals surface area contributed by atoms with Gasteiger partial charge in [-0.3, -0.25) is 10.1 Å². The number of H-pyrrole nitrogens is 1. The lowest BCUT2D eigenvalue weighted by Gasteiger charge is -2.04. The van der Waals surface area contributed by atoms with Gasteiger partial charge in [0.15, 0.2) is 5.82 Å². The number of hydrogen-bond donors (Lipinski definition) is 1. The van der Waals surface area contributed by atoms with E-state index in [9.17, 15) is 10.1 Å². The Balaban J connectivity index is 1.93. The fourth-order valence-corrected chi connectivity index (χ4v) is 2.69. The van der Waals surface area contributed by atoms with Crippen LogP contribution in [0.25, 0.3) is 11.4 Å². The molecule has 1 heterocycles. The average Bonchev–Trinajstić information content (AvgIpc) is 3.02. The SMILES string of the molecule is CCOc1ccc(-c2n[nH]c(=S)n2/N=C\c2ccc(Cl)c([N+](=O)[O-])c2)cc1. The Kier molecular flexibility index (Phi) is 5.63. The maximum absolute atomic E-state index is 11.0. The molecule has 1 aromatic heterocycles. The van der Waals surface area contributed by atoms with Crippen molar-refractivity contribution in [3.8, 4) is 17.1 Å². The summed E-state index contributed by atoms with van der Waals surface area (Å²) < 4.78 is 7.15. The lowest BCUT2D eigenvalue weighted by atomic mass is 10.2. The largest absolute Gasteiger partial charge is 0.494 e. The van der Waals surface area contributed by atoms with E-state index in [1.807, 2.05) is 31.2 Å². The van der Waals surface area contributed by atoms with Crippen LogP contribution in [-0.4, -0.2) is 32.6 Å². The van der Waals surface area contributed by atoms with Crippen LogP contribution in [-0.2, 0) is 0 Å². The number of nitrogens with zero attached hydrogens (tertiary/aromatic N) is 4. The lowest BCUT2D eigenvalue weighted by Crippen LogP contribution is -1.96. The first-order chi connectivity index (χ1) is 13.0. The number of hydrogen-bond acceptors (Lipinski definition) is 6. The second-order valence-electron chi connectivity index (χ2n) is 5.33. The van der Waals surface area contributed by atoms with Crippen LogP contribution in [0.15, 0.2) is 47.6 Å². The van der Waals surface area contributed by atoms with E-state index in [-0.39, 0.29) is 10.7 Å². The second-order valence-corrected chi connectivity index (χ2v) is 6.13. The number of nitrogens with one attached hydrogen (secondary N) is 1. The van der Waals surface area contributed by atoms with Crippen LogP contribution in [0.5, 0.6) is 5.75 Å². The quantitative estimate of drug-likeness (QED) is 0.284. The molecule has 3 aromatic rings. The van der Waals surface area contributed by atoms with Crippen molar-refractivity contribution >= 4 is 35.7 Å². The maximum atomic E-state index is 11.0. The minimum atomic E-state index is -0.547. The van der Waals surface area contributed by atoms with Crippen LogP contribution in [0.3, 0.4) is 0 Å². The molecular weight excluding hydrogens is 390 g/mol. The molecule has 0 atom stereocenters. The first kappa shape index (κ1) is 18.7. The van der Waals surface area contributed by atoms with Crippen molar-refractivity contribution in [2.45, 2.75) is 6.92 Å². The van der Waals surface area contributed by atoms with Gasteiger partial charge in [-0.15, -0.1) is 0 Å². The van der Waals surface area contributed by atoms with Crippen molar-refractivity contribution in [1.82, 2.24) is 14.9 Å². The summed E-state index contributed by atoms with van der Waals surface area (Å²) in [5.74, 6) is 1.25. The standard InChI is InChI=1S/C17H14ClN5O3S/c1-2-26-13-6-4-12(5-7-13)16-20-21-17(27)22(16)19-10-11-3-8-14(18)15(9-11)23(24)25/h3-10H,2H2,1H3,(H,21,27)/b19-10-. The van der Waals surface area contributed by atoms with E-state index in [0.29, 0.717) is 22.8 Å². The molecule has 27 heavy (non-hydrogen) atoms. The summed E-state index contributed by atoms with van der Waals surface area (Å²) in [5, 5.41) is 22.3. The number of ether oxygens (including phenoxy) is 1. The summed E-state index contributed by atoms with van der Waals surface area (Å²) >= 11 is 11.0. The molecule has 0 amide bonds. The second kappa shape index (κ2) is 8.11. The third kappa shape index (κ3) is 4.21. The average molecular weight is 404 g/mol. The normalized spacial score (nSPS) is 11.0. The molecule has 0 radical (unpaired) electrons. The summed E-state index contributed by atoms with van der Waals surface area (Å²) in [4.78, 5) is 10.5. The number of aromatic nitrogens is 3. The Labute approximate surface area is 164 Å². The van der Waals surface area contributed by atoms with E-state index in [4.69, 9.17) is 28.6 Å². The van der Waals surface area contributed by atoms with E-state index < -0.39 is 4.92 Å². The van der Waals surface area contributed by atoms with Gasteiger partial charge >= 0.3 is 0 Å². The van der Waals surface area contributed by atoms with Crippen LogP contribution in [0, 0.1) is 14.9 Å². The highest BCUT2D eigenvalue weighted by molar-refractivity contribution is 7.71. The van der Waals surface area contributed by atoms with Crippen molar-refractivity contribution in [3.63, 3.8) is 0 Å². The summed E-state index contributed by atoms with van der Waals surface area (Å²) in [6.45, 7) is 2.49. The maximum Gasteiger partial charge on any atom is 0.288 e. The molecule has 138 valence electrons. The molecule has 0 spiro atoms. The minimum absolute atomic E-state index is 0.0622. The molecule has 0 unspecified atom stereocenters. The van der Waals surface area contributed by atoms with E-state index in [1.165, 1.54) is 23.0 Å². The van der Waals surface area contributed by atoms with Gasteiger partial charge in [0.25, 0.3) is 5.69 Å². The van der Waals surface area contributed by atoms with Crippen molar-refractivity contribution in [2.75, 3.05) is 6.61 Å². The van der Waals surface area contributed by atoms with Gasteiger partial charge in [0.05, 0.1) is 17.7 Å². The Morgan fingerprint density at radius 1 is 1.37 bits per heavy atom. The lowest BCUT2D eigenvalue weighted by molar-refractivity contribution is -0.384. The zero-order valence-electron chi connectivity index (χ0n) is 14.1. The molecule has 1 N–H and O–H groups in total. The Morgan fingerprint density at radius 2 is 2.11 bits per heavy atom. The van der Waals surface area contributed by atoms with E-state index in [1.54, 1.807) is 6.07 Å². The summed E-state index contributed by atoms with van der Waals surface area (Å²) in [6, 6.07) is 11.7. The summed E-state index contributed by atoms with van der Waals surface area (Å²) in [6.07, 6.45) is 1.45. The summed E-state index contributed by atoms with van der Waals surface area (Å²) in [5.41, 5.74) is 1.10. The number of nitro benzene ring substituents is 1. The predicted molar refractivity (Wildman–Crippen MR) is 105 cm³/mol. The monoisotopic (exact) mass is 403 g/mol. The third-order valence-corrected chi connectivity index (χ3v) is 4.15. The topological polar surface area (TPSA) is 98.3 Å². The number of rotatable bonds is 6. The van der Waals surface area contributed by atoms with Crippen molar-refractivity contribution in [2.24, 2.45) is 5.10 Å². The Bertz CT molecular complexity index is 1060. The molecule has 3 rings (SSSR count). The fraction of sp³-hybridized carbons (Fsp3) is 0.118. The van der Waals surface area contributed by atoms with E-state index in [0.717, 1.165) is 11.3 Å². The molecular formula is C17H14ClN5O3S. The van der Waals surface area contributed by atoms with Gasteiger partial charge in [-0.2, -0.15) is 14.9 Å². The van der Waals surface area contributed by atoms with Gasteiger partial charge in [-0.1, -0.05) is 17.7 Å². The van der Waals surface area contributed by atoms with Gasteiger partial charge in [0.1, 0.15) is 10.8 Å². The van der Waals surface area contributed by atoms with Crippen LogP contribution in [0.2, 0.25) is 5.02 Å². The molecule has 0 aliphatic rings. The molecule has 0 saturated heterocycles. The first-order valence-corrected chi connectivity index (χ1v) is 8.67. The third-order valence-electron chi connectivity index (χ3n) is 3.56. The predicted octanol–water partition coefficient (Wildman–Crippen LogP) is 4.45. The number of benzene rings is 2. The van der Waals surface area contributed by atoms with Crippen molar-refractivity contribution < 1.29 is 9.66 Å². The Hall–Kier alpha value is -3.04. The number of nitro groups is 1. The van der Waals surface area contributed by atoms with Crippen molar-refractivity contribution in [1.29, 1.82) is 0 Å². The van der Waals surface area contributed by atoms with Crippen LogP contribution in [0.4, 0.5) is 5.69 Å². The molecule has 0 aliphatic carbocycles. The van der Waals surface area contributed by atoms with Crippen molar-refractivity contribution in [3.05, 3.63) is 67.9 Å². The smallest absolute Gasteiger partial charge is 0.288 e. The van der Waals surface area contributed by atoms with Crippen LogP contribution >= 0.6 is 23.8 Å². The molecule has 0 bridgehead atoms. The van der Waals surface area contributed by atoms with Gasteiger partial charge in [-0.25, -0.2) is 5.10 Å². The molecule has 0 fully saturated rings. The van der Waals surface area contributed by atoms with Gasteiger partial charge in [-0.05, 0) is 49.5 Å². The van der Waals surface area contributed by atoms with Gasteiger partial charge < -0.3 is 4.74 Å². The van der Waals surface area contributed by atoms with Gasteiger partial charge in [0, 0.05) is 17.2 Å². The minimum Gasteiger partial charge on any atom is -0.494 e. The van der Waals surface area contributed by atoms with Crippen LogP contribution < -0.4 is 4.74 Å². The molecule has 0 aliphatic heterocycles. The van der Waals surface area contributed by atoms with Crippen LogP contribution in [0.1, 0.15) is 12.5 Å². The zero-order valence-corrected chi connectivity index (χ0v) is 15.7. The van der Waals surface area contributed by atoms with E-state index in [2.05, 4.69) is 15.3 Å². The zero-order chi connectivity index (χ0) is 19.4. The molecule has 2 aromatic carbocycles. The number of aromatic amines is 1. The molecule has 8 nitrogen and oxygen atoms in total. The number of halogens is 1. The molecule has 0 saturated carbocycles. The fourth-order valence-electron chi connectivity index (χ4n) is 2.33. The van der Waals surface area contributed by atoms with E-state index >= 15 is 0 Å². The molecule has 10 heteroatoms. The first-order valence-electron chi connectivity index (χ1n) is 7.88.